The summed E-state index contributed by atoms with van der Waals surface area (Å²) in [6.07, 6.45) is 5.59. The predicted octanol–water partition coefficient (Wildman–Crippen LogP) is 2.80. The molecule has 76 valence electrons. The first kappa shape index (κ1) is 9.51. The molecule has 13 heavy (non-hydrogen) atoms. The fraction of sp³-hybridized carbons (Fsp3) is 1.00. The average molecular weight is 181 g/mol. The van der Waals surface area contributed by atoms with E-state index in [0.29, 0.717) is 10.8 Å². The normalized spacial score (nSPS) is 47.1. The van der Waals surface area contributed by atoms with E-state index in [0.717, 1.165) is 18.4 Å². The Morgan fingerprint density at radius 3 is 2.38 bits per heavy atom. The Bertz CT molecular complexity index is 209. The van der Waals surface area contributed by atoms with Gasteiger partial charge in [0.1, 0.15) is 0 Å². The molecule has 0 unspecified atom stereocenters. The molecule has 0 spiro atoms. The summed E-state index contributed by atoms with van der Waals surface area (Å²) in [5.74, 6) is 1.89. The van der Waals surface area contributed by atoms with Crippen LogP contribution in [-0.2, 0) is 0 Å². The van der Waals surface area contributed by atoms with Gasteiger partial charge in [0.25, 0.3) is 0 Å². The minimum absolute atomic E-state index is 0.576. The number of nitrogens with two attached hydrogens (primary N) is 1. The van der Waals surface area contributed by atoms with Gasteiger partial charge in [0, 0.05) is 0 Å². The van der Waals surface area contributed by atoms with Crippen molar-refractivity contribution >= 4 is 0 Å². The topological polar surface area (TPSA) is 26.0 Å². The maximum Gasteiger partial charge on any atom is -0.00744 e. The van der Waals surface area contributed by atoms with Gasteiger partial charge in [-0.1, -0.05) is 20.8 Å². The van der Waals surface area contributed by atoms with Gasteiger partial charge in [-0.3, -0.25) is 0 Å². The van der Waals surface area contributed by atoms with Gasteiger partial charge in [-0.05, 0) is 54.9 Å². The van der Waals surface area contributed by atoms with Crippen LogP contribution in [0.2, 0.25) is 0 Å². The summed E-state index contributed by atoms with van der Waals surface area (Å²) >= 11 is 0. The number of rotatable bonds is 2. The van der Waals surface area contributed by atoms with E-state index in [9.17, 15) is 0 Å². The first-order valence-electron chi connectivity index (χ1n) is 5.72. The van der Waals surface area contributed by atoms with Crippen molar-refractivity contribution in [1.82, 2.24) is 0 Å². The zero-order valence-electron chi connectivity index (χ0n) is 9.27. The molecule has 2 N–H and O–H groups in total. The molecule has 0 aliphatic heterocycles. The molecule has 0 aromatic carbocycles. The summed E-state index contributed by atoms with van der Waals surface area (Å²) < 4.78 is 0. The lowest BCUT2D eigenvalue weighted by molar-refractivity contribution is 0.0991. The molecule has 2 aliphatic rings. The highest BCUT2D eigenvalue weighted by Crippen LogP contribution is 2.68. The quantitative estimate of drug-likeness (QED) is 0.696. The van der Waals surface area contributed by atoms with Gasteiger partial charge in [0.05, 0.1) is 0 Å². The third-order valence-corrected chi connectivity index (χ3v) is 5.49. The van der Waals surface area contributed by atoms with Crippen LogP contribution >= 0.6 is 0 Å². The second kappa shape index (κ2) is 2.73. The van der Waals surface area contributed by atoms with Gasteiger partial charge in [0.15, 0.2) is 0 Å². The summed E-state index contributed by atoms with van der Waals surface area (Å²) in [4.78, 5) is 0. The fourth-order valence-corrected chi connectivity index (χ4v) is 4.01. The van der Waals surface area contributed by atoms with Crippen molar-refractivity contribution in [3.63, 3.8) is 0 Å². The Hall–Kier alpha value is -0.0400. The van der Waals surface area contributed by atoms with Crippen molar-refractivity contribution in [1.29, 1.82) is 0 Å². The highest BCUT2D eigenvalue weighted by molar-refractivity contribution is 5.09. The third-order valence-electron chi connectivity index (χ3n) is 5.49. The van der Waals surface area contributed by atoms with Crippen LogP contribution in [-0.4, -0.2) is 6.54 Å². The Morgan fingerprint density at radius 1 is 1.31 bits per heavy atom. The van der Waals surface area contributed by atoms with E-state index in [2.05, 4.69) is 20.8 Å². The standard InChI is InChI=1S/C12H23N/c1-11(2)9-4-6-12(11,3)10(8-9)5-7-13/h9-10H,4-8,13H2,1-3H3/t9-,10+,12+/m0/s1. The number of hydrogen-bond donors (Lipinski definition) is 1. The fourth-order valence-electron chi connectivity index (χ4n) is 4.01. The molecule has 2 fully saturated rings. The molecule has 0 aromatic heterocycles. The molecule has 2 saturated carbocycles. The molecule has 3 atom stereocenters. The molecular weight excluding hydrogens is 158 g/mol. The molecule has 1 nitrogen and oxygen atoms in total. The smallest absolute Gasteiger partial charge is 0.00744 e. The largest absolute Gasteiger partial charge is 0.330 e. The summed E-state index contributed by atoms with van der Waals surface area (Å²) in [5, 5.41) is 0. The molecule has 0 amide bonds. The van der Waals surface area contributed by atoms with Gasteiger partial charge >= 0.3 is 0 Å². The lowest BCUT2D eigenvalue weighted by Gasteiger charge is -2.39. The van der Waals surface area contributed by atoms with Crippen LogP contribution in [0, 0.1) is 22.7 Å². The van der Waals surface area contributed by atoms with Crippen molar-refractivity contribution in [3.05, 3.63) is 0 Å². The van der Waals surface area contributed by atoms with Crippen molar-refractivity contribution in [2.24, 2.45) is 28.4 Å². The maximum atomic E-state index is 5.69. The zero-order valence-corrected chi connectivity index (χ0v) is 9.27. The van der Waals surface area contributed by atoms with Gasteiger partial charge in [-0.25, -0.2) is 0 Å². The molecule has 0 aromatic rings. The molecule has 1 heteroatoms. The summed E-state index contributed by atoms with van der Waals surface area (Å²) in [6, 6.07) is 0. The maximum absolute atomic E-state index is 5.69. The Labute approximate surface area is 82.1 Å². The molecule has 0 saturated heterocycles. The van der Waals surface area contributed by atoms with Crippen LogP contribution in [0.1, 0.15) is 46.5 Å². The lowest BCUT2D eigenvalue weighted by Crippen LogP contribution is -2.33. The van der Waals surface area contributed by atoms with E-state index < -0.39 is 0 Å². The molecule has 2 bridgehead atoms. The minimum Gasteiger partial charge on any atom is -0.330 e. The van der Waals surface area contributed by atoms with Crippen molar-refractivity contribution in [2.75, 3.05) is 6.54 Å². The minimum atomic E-state index is 0.576. The summed E-state index contributed by atoms with van der Waals surface area (Å²) in [5.41, 5.74) is 6.86. The molecule has 2 aliphatic carbocycles. The molecular formula is C12H23N. The first-order chi connectivity index (χ1) is 6.02. The number of fused-ring (bicyclic) bond motifs is 2. The van der Waals surface area contributed by atoms with Crippen LogP contribution in [0.4, 0.5) is 0 Å². The third kappa shape index (κ3) is 1.03. The Morgan fingerprint density at radius 2 is 2.00 bits per heavy atom. The zero-order chi connectivity index (χ0) is 9.69. The second-order valence-electron chi connectivity index (χ2n) is 5.88. The van der Waals surface area contributed by atoms with E-state index in [4.69, 9.17) is 5.73 Å². The van der Waals surface area contributed by atoms with Crippen LogP contribution < -0.4 is 5.73 Å². The monoisotopic (exact) mass is 181 g/mol. The van der Waals surface area contributed by atoms with Crippen molar-refractivity contribution in [2.45, 2.75) is 46.5 Å². The molecule has 0 heterocycles. The van der Waals surface area contributed by atoms with E-state index in [1.165, 1.54) is 25.7 Å². The predicted molar refractivity (Wildman–Crippen MR) is 56.4 cm³/mol. The molecule has 2 rings (SSSR count). The summed E-state index contributed by atoms with van der Waals surface area (Å²) in [7, 11) is 0. The highest BCUT2D eigenvalue weighted by Gasteiger charge is 2.60. The molecule has 0 radical (unpaired) electrons. The van der Waals surface area contributed by atoms with Gasteiger partial charge in [0.2, 0.25) is 0 Å². The van der Waals surface area contributed by atoms with Crippen LogP contribution in [0.15, 0.2) is 0 Å². The van der Waals surface area contributed by atoms with E-state index in [1.807, 2.05) is 0 Å². The van der Waals surface area contributed by atoms with Crippen LogP contribution in [0.25, 0.3) is 0 Å². The second-order valence-corrected chi connectivity index (χ2v) is 5.88. The van der Waals surface area contributed by atoms with Crippen LogP contribution in [0.3, 0.4) is 0 Å². The van der Waals surface area contributed by atoms with Gasteiger partial charge in [-0.2, -0.15) is 0 Å². The van der Waals surface area contributed by atoms with Gasteiger partial charge < -0.3 is 5.73 Å². The van der Waals surface area contributed by atoms with E-state index in [-0.39, 0.29) is 0 Å². The lowest BCUT2D eigenvalue weighted by atomic mass is 9.66. The summed E-state index contributed by atoms with van der Waals surface area (Å²) in [6.45, 7) is 8.33. The first-order valence-corrected chi connectivity index (χ1v) is 5.72. The SMILES string of the molecule is CC1(C)[C@H]2CC[C@]1(C)[C@H](CCN)C2. The average Bonchev–Trinajstić information content (AvgIpc) is 2.37. The van der Waals surface area contributed by atoms with Crippen molar-refractivity contribution in [3.8, 4) is 0 Å². The number of hydrogen-bond acceptors (Lipinski definition) is 1. The van der Waals surface area contributed by atoms with Gasteiger partial charge in [-0.15, -0.1) is 0 Å². The van der Waals surface area contributed by atoms with Crippen molar-refractivity contribution < 1.29 is 0 Å². The van der Waals surface area contributed by atoms with E-state index >= 15 is 0 Å². The Balaban J connectivity index is 2.22. The Kier molecular flexibility index (Phi) is 1.99. The highest BCUT2D eigenvalue weighted by atomic mass is 14.7. The van der Waals surface area contributed by atoms with Crippen LogP contribution in [0.5, 0.6) is 0 Å². The van der Waals surface area contributed by atoms with E-state index in [1.54, 1.807) is 0 Å².